The zero-order valence-electron chi connectivity index (χ0n) is 19.2. The first kappa shape index (κ1) is 22.8. The number of piperidine rings is 1. The number of nitrogens with one attached hydrogen (secondary N) is 1. The molecule has 0 radical (unpaired) electrons. The third kappa shape index (κ3) is 5.68. The van der Waals surface area contributed by atoms with Gasteiger partial charge in [-0.3, -0.25) is 9.59 Å². The maximum absolute atomic E-state index is 12.8. The second-order valence-corrected chi connectivity index (χ2v) is 9.34. The molecule has 7 nitrogen and oxygen atoms in total. The summed E-state index contributed by atoms with van der Waals surface area (Å²) in [5.74, 6) is 1.24. The molecule has 2 fully saturated rings. The van der Waals surface area contributed by atoms with Crippen LogP contribution in [0.3, 0.4) is 0 Å². The second-order valence-electron chi connectivity index (χ2n) is 9.34. The molecular formula is C25H36N4O3. The SMILES string of the molecule is COC1CCC(C(=O)N2CCC(CCCCNC(=O)c3ccc4nccn4c3)CC2)CC1. The predicted molar refractivity (Wildman–Crippen MR) is 123 cm³/mol. The predicted octanol–water partition coefficient (Wildman–Crippen LogP) is 3.68. The Balaban J connectivity index is 1.09. The van der Waals surface area contributed by atoms with Gasteiger partial charge in [0.15, 0.2) is 0 Å². The van der Waals surface area contributed by atoms with Crippen LogP contribution in [0.1, 0.15) is 68.1 Å². The number of carbonyl (C=O) groups excluding carboxylic acids is 2. The number of pyridine rings is 1. The molecule has 3 heterocycles. The minimum absolute atomic E-state index is 0.0352. The number of ether oxygens (including phenoxy) is 1. The zero-order chi connectivity index (χ0) is 22.3. The van der Waals surface area contributed by atoms with Gasteiger partial charge in [-0.1, -0.05) is 12.8 Å². The Kier molecular flexibility index (Phi) is 7.79. The lowest BCUT2D eigenvalue weighted by molar-refractivity contribution is -0.138. The number of amides is 2. The van der Waals surface area contributed by atoms with Crippen LogP contribution < -0.4 is 5.32 Å². The average molecular weight is 441 g/mol. The molecule has 1 saturated heterocycles. The van der Waals surface area contributed by atoms with Gasteiger partial charge in [0.2, 0.25) is 5.91 Å². The Hall–Kier alpha value is -2.41. The second kappa shape index (κ2) is 10.9. The highest BCUT2D eigenvalue weighted by Gasteiger charge is 2.31. The molecule has 0 bridgehead atoms. The molecule has 1 aliphatic heterocycles. The summed E-state index contributed by atoms with van der Waals surface area (Å²) in [4.78, 5) is 31.5. The van der Waals surface area contributed by atoms with Crippen LogP contribution in [0.2, 0.25) is 0 Å². The van der Waals surface area contributed by atoms with Crippen LogP contribution in [0.5, 0.6) is 0 Å². The van der Waals surface area contributed by atoms with Gasteiger partial charge in [-0.2, -0.15) is 0 Å². The van der Waals surface area contributed by atoms with E-state index < -0.39 is 0 Å². The van der Waals surface area contributed by atoms with Crippen LogP contribution in [-0.4, -0.2) is 58.9 Å². The summed E-state index contributed by atoms with van der Waals surface area (Å²) in [5.41, 5.74) is 1.50. The number of aromatic nitrogens is 2. The highest BCUT2D eigenvalue weighted by atomic mass is 16.5. The van der Waals surface area contributed by atoms with E-state index in [1.807, 2.05) is 28.9 Å². The van der Waals surface area contributed by atoms with Gasteiger partial charge >= 0.3 is 0 Å². The summed E-state index contributed by atoms with van der Waals surface area (Å²) in [5, 5.41) is 3.02. The number of hydrogen-bond donors (Lipinski definition) is 1. The van der Waals surface area contributed by atoms with Gasteiger partial charge in [-0.15, -0.1) is 0 Å². The fraction of sp³-hybridized carbons (Fsp3) is 0.640. The molecule has 0 spiro atoms. The fourth-order valence-corrected chi connectivity index (χ4v) is 5.16. The third-order valence-electron chi connectivity index (χ3n) is 7.26. The van der Waals surface area contributed by atoms with Crippen molar-refractivity contribution in [3.05, 3.63) is 36.3 Å². The molecule has 2 aromatic rings. The number of rotatable bonds is 8. The quantitative estimate of drug-likeness (QED) is 0.636. The largest absolute Gasteiger partial charge is 0.381 e. The molecule has 7 heteroatoms. The van der Waals surface area contributed by atoms with Crippen molar-refractivity contribution in [1.29, 1.82) is 0 Å². The van der Waals surface area contributed by atoms with Crippen LogP contribution in [0.25, 0.3) is 5.65 Å². The van der Waals surface area contributed by atoms with E-state index >= 15 is 0 Å². The Morgan fingerprint density at radius 1 is 1.09 bits per heavy atom. The highest BCUT2D eigenvalue weighted by Crippen LogP contribution is 2.30. The summed E-state index contributed by atoms with van der Waals surface area (Å²) in [7, 11) is 1.77. The molecule has 0 atom stereocenters. The van der Waals surface area contributed by atoms with Gasteiger partial charge < -0.3 is 19.4 Å². The molecule has 2 amide bonds. The minimum atomic E-state index is -0.0352. The van der Waals surface area contributed by atoms with E-state index in [0.717, 1.165) is 70.1 Å². The lowest BCUT2D eigenvalue weighted by Gasteiger charge is -2.36. The Morgan fingerprint density at radius 2 is 1.88 bits per heavy atom. The number of methoxy groups -OCH3 is 1. The third-order valence-corrected chi connectivity index (χ3v) is 7.26. The van der Waals surface area contributed by atoms with E-state index in [9.17, 15) is 9.59 Å². The van der Waals surface area contributed by atoms with Crippen LogP contribution in [-0.2, 0) is 9.53 Å². The van der Waals surface area contributed by atoms with Gasteiger partial charge in [0.1, 0.15) is 5.65 Å². The number of likely N-dealkylation sites (tertiary alicyclic amines) is 1. The number of imidazole rings is 1. The van der Waals surface area contributed by atoms with Crippen LogP contribution in [0.15, 0.2) is 30.7 Å². The molecule has 2 aromatic heterocycles. The normalized spacial score (nSPS) is 22.2. The number of hydrogen-bond acceptors (Lipinski definition) is 4. The van der Waals surface area contributed by atoms with Gasteiger partial charge in [0.05, 0.1) is 11.7 Å². The molecule has 174 valence electrons. The number of unbranched alkanes of at least 4 members (excludes halogenated alkanes) is 1. The summed E-state index contributed by atoms with van der Waals surface area (Å²) in [6.45, 7) is 2.50. The van der Waals surface area contributed by atoms with Crippen molar-refractivity contribution < 1.29 is 14.3 Å². The molecule has 0 aromatic carbocycles. The molecule has 1 N–H and O–H groups in total. The first-order chi connectivity index (χ1) is 15.6. The van der Waals surface area contributed by atoms with Crippen molar-refractivity contribution in [3.63, 3.8) is 0 Å². The molecule has 0 unspecified atom stereocenters. The first-order valence-corrected chi connectivity index (χ1v) is 12.2. The molecule has 2 aliphatic rings. The smallest absolute Gasteiger partial charge is 0.252 e. The maximum Gasteiger partial charge on any atom is 0.252 e. The van der Waals surface area contributed by atoms with E-state index in [0.29, 0.717) is 30.0 Å². The monoisotopic (exact) mass is 440 g/mol. The van der Waals surface area contributed by atoms with Gasteiger partial charge in [0.25, 0.3) is 5.91 Å². The number of carbonyl (C=O) groups is 2. The number of fused-ring (bicyclic) bond motifs is 1. The number of nitrogens with zero attached hydrogens (tertiary/aromatic N) is 3. The maximum atomic E-state index is 12.8. The van der Waals surface area contributed by atoms with E-state index in [4.69, 9.17) is 4.74 Å². The Bertz CT molecular complexity index is 895. The van der Waals surface area contributed by atoms with Gasteiger partial charge in [-0.25, -0.2) is 4.98 Å². The van der Waals surface area contributed by atoms with Crippen molar-refractivity contribution >= 4 is 17.5 Å². The molecule has 4 rings (SSSR count). The van der Waals surface area contributed by atoms with Crippen molar-refractivity contribution in [2.45, 2.75) is 63.9 Å². The zero-order valence-corrected chi connectivity index (χ0v) is 19.2. The van der Waals surface area contributed by atoms with E-state index in [1.54, 1.807) is 13.3 Å². The van der Waals surface area contributed by atoms with Crippen molar-refractivity contribution in [1.82, 2.24) is 19.6 Å². The Labute approximate surface area is 190 Å². The molecule has 32 heavy (non-hydrogen) atoms. The van der Waals surface area contributed by atoms with Crippen LogP contribution >= 0.6 is 0 Å². The summed E-state index contributed by atoms with van der Waals surface area (Å²) < 4.78 is 7.29. The average Bonchev–Trinajstić information content (AvgIpc) is 3.32. The summed E-state index contributed by atoms with van der Waals surface area (Å²) in [6, 6.07) is 3.67. The lowest BCUT2D eigenvalue weighted by atomic mass is 9.85. The summed E-state index contributed by atoms with van der Waals surface area (Å²) >= 11 is 0. The molecule has 1 saturated carbocycles. The van der Waals surface area contributed by atoms with Gasteiger partial charge in [-0.05, 0) is 63.0 Å². The van der Waals surface area contributed by atoms with Crippen molar-refractivity contribution in [3.8, 4) is 0 Å². The minimum Gasteiger partial charge on any atom is -0.381 e. The highest BCUT2D eigenvalue weighted by molar-refractivity contribution is 5.94. The summed E-state index contributed by atoms with van der Waals surface area (Å²) in [6.07, 6.45) is 15.2. The van der Waals surface area contributed by atoms with E-state index in [2.05, 4.69) is 15.2 Å². The van der Waals surface area contributed by atoms with Gasteiger partial charge in [0, 0.05) is 51.3 Å². The van der Waals surface area contributed by atoms with E-state index in [-0.39, 0.29) is 11.8 Å². The van der Waals surface area contributed by atoms with Crippen molar-refractivity contribution in [2.75, 3.05) is 26.7 Å². The topological polar surface area (TPSA) is 75.9 Å². The van der Waals surface area contributed by atoms with Crippen LogP contribution in [0, 0.1) is 11.8 Å². The molecular weight excluding hydrogens is 404 g/mol. The Morgan fingerprint density at radius 3 is 2.62 bits per heavy atom. The molecule has 1 aliphatic carbocycles. The fourth-order valence-electron chi connectivity index (χ4n) is 5.16. The van der Waals surface area contributed by atoms with Crippen LogP contribution in [0.4, 0.5) is 0 Å². The lowest BCUT2D eigenvalue weighted by Crippen LogP contribution is -2.43. The van der Waals surface area contributed by atoms with E-state index in [1.165, 1.54) is 6.42 Å². The van der Waals surface area contributed by atoms with Crippen molar-refractivity contribution in [2.24, 2.45) is 11.8 Å². The first-order valence-electron chi connectivity index (χ1n) is 12.2. The standard InChI is InChI=1S/C25H36N4O3/c1-32-22-8-5-20(6-9-22)25(31)28-15-11-19(12-16-28)4-2-3-13-27-24(30)21-7-10-23-26-14-17-29(23)18-21/h7,10,14,17-20,22H,2-6,8-9,11-13,15-16H2,1H3,(H,27,30).